The third kappa shape index (κ3) is 3.56. The van der Waals surface area contributed by atoms with E-state index in [-0.39, 0.29) is 16.5 Å². The molecule has 0 amide bonds. The highest BCUT2D eigenvalue weighted by Gasteiger charge is 2.26. The van der Waals surface area contributed by atoms with E-state index in [0.717, 1.165) is 4.31 Å². The van der Waals surface area contributed by atoms with Gasteiger partial charge in [0.15, 0.2) is 5.70 Å². The monoisotopic (exact) mass is 374 g/mol. The molecule has 2 aromatic rings. The zero-order chi connectivity index (χ0) is 18.9. The summed E-state index contributed by atoms with van der Waals surface area (Å²) in [6.45, 7) is 0. The maximum Gasteiger partial charge on any atom is 0.363 e. The number of carbonyl (C=O) groups excluding carboxylic acids is 1. The van der Waals surface area contributed by atoms with Gasteiger partial charge in [-0.25, -0.2) is 26.9 Å². The topological polar surface area (TPSA) is 76.0 Å². The minimum Gasteiger partial charge on any atom is -0.402 e. The molecule has 0 radical (unpaired) electrons. The van der Waals surface area contributed by atoms with E-state index in [2.05, 4.69) is 4.99 Å². The molecule has 0 fully saturated rings. The van der Waals surface area contributed by atoms with Crippen LogP contribution in [-0.2, 0) is 19.6 Å². The van der Waals surface area contributed by atoms with Gasteiger partial charge in [0, 0.05) is 19.7 Å². The lowest BCUT2D eigenvalue weighted by atomic mass is 10.2. The summed E-state index contributed by atoms with van der Waals surface area (Å²) in [7, 11) is -0.777. The number of halogens is 1. The van der Waals surface area contributed by atoms with Crippen LogP contribution in [0.1, 0.15) is 11.1 Å². The van der Waals surface area contributed by atoms with E-state index in [1.165, 1.54) is 56.6 Å². The zero-order valence-corrected chi connectivity index (χ0v) is 14.8. The van der Waals surface area contributed by atoms with Gasteiger partial charge < -0.3 is 4.74 Å². The number of nitrogens with zero attached hydrogens (tertiary/aromatic N) is 2. The molecule has 8 heteroatoms. The Kier molecular flexibility index (Phi) is 4.71. The van der Waals surface area contributed by atoms with Crippen LogP contribution in [0.2, 0.25) is 0 Å². The van der Waals surface area contributed by atoms with E-state index in [1.807, 2.05) is 0 Å². The fourth-order valence-electron chi connectivity index (χ4n) is 2.29. The average Bonchev–Trinajstić information content (AvgIpc) is 2.96. The molecule has 2 aromatic carbocycles. The molecule has 0 spiro atoms. The summed E-state index contributed by atoms with van der Waals surface area (Å²) in [4.78, 5) is 16.2. The minimum absolute atomic E-state index is 0.00599. The summed E-state index contributed by atoms with van der Waals surface area (Å²) in [5.74, 6) is -1.13. The standard InChI is InChI=1S/C18H15FN2O4S/c1-21(2)26(23,24)15-8-4-6-13(11-15)17-20-16(18(22)25-17)10-12-5-3-7-14(19)9-12/h3-11H,1-2H3. The van der Waals surface area contributed by atoms with Crippen LogP contribution >= 0.6 is 0 Å². The molecule has 0 saturated carbocycles. The SMILES string of the molecule is CN(C)S(=O)(=O)c1cccc(C2=NC(=Cc3cccc(F)c3)C(=O)O2)c1. The predicted molar refractivity (Wildman–Crippen MR) is 94.3 cm³/mol. The van der Waals surface area contributed by atoms with Crippen LogP contribution in [0.15, 0.2) is 64.1 Å². The van der Waals surface area contributed by atoms with E-state index in [1.54, 1.807) is 12.1 Å². The highest BCUT2D eigenvalue weighted by Crippen LogP contribution is 2.22. The fraction of sp³-hybridized carbons (Fsp3) is 0.111. The van der Waals surface area contributed by atoms with Gasteiger partial charge in [-0.05, 0) is 42.0 Å². The van der Waals surface area contributed by atoms with E-state index in [0.29, 0.717) is 11.1 Å². The maximum atomic E-state index is 13.3. The van der Waals surface area contributed by atoms with Crippen molar-refractivity contribution >= 4 is 28.0 Å². The summed E-state index contributed by atoms with van der Waals surface area (Å²) in [6, 6.07) is 11.6. The van der Waals surface area contributed by atoms with Gasteiger partial charge in [-0.15, -0.1) is 0 Å². The number of hydrogen-bond acceptors (Lipinski definition) is 5. The van der Waals surface area contributed by atoms with Crippen molar-refractivity contribution in [2.45, 2.75) is 4.90 Å². The van der Waals surface area contributed by atoms with E-state index in [4.69, 9.17) is 4.74 Å². The van der Waals surface area contributed by atoms with Gasteiger partial charge in [0.05, 0.1) is 4.90 Å². The lowest BCUT2D eigenvalue weighted by molar-refractivity contribution is -0.129. The highest BCUT2D eigenvalue weighted by atomic mass is 32.2. The molecule has 6 nitrogen and oxygen atoms in total. The quantitative estimate of drug-likeness (QED) is 0.608. The van der Waals surface area contributed by atoms with Crippen molar-refractivity contribution in [3.63, 3.8) is 0 Å². The average molecular weight is 374 g/mol. The highest BCUT2D eigenvalue weighted by molar-refractivity contribution is 7.89. The van der Waals surface area contributed by atoms with E-state index in [9.17, 15) is 17.6 Å². The van der Waals surface area contributed by atoms with Crippen LogP contribution in [-0.4, -0.2) is 38.7 Å². The van der Waals surface area contributed by atoms with Crippen molar-refractivity contribution in [3.8, 4) is 0 Å². The number of carbonyl (C=O) groups is 1. The van der Waals surface area contributed by atoms with Crippen LogP contribution < -0.4 is 0 Å². The van der Waals surface area contributed by atoms with Gasteiger partial charge in [-0.3, -0.25) is 0 Å². The summed E-state index contributed by atoms with van der Waals surface area (Å²) in [5.41, 5.74) is 0.821. The van der Waals surface area contributed by atoms with Crippen LogP contribution in [0.3, 0.4) is 0 Å². The van der Waals surface area contributed by atoms with Crippen molar-refractivity contribution in [1.82, 2.24) is 4.31 Å². The largest absolute Gasteiger partial charge is 0.402 e. The molecule has 1 aliphatic heterocycles. The minimum atomic E-state index is -3.63. The Labute approximate surface area is 150 Å². The van der Waals surface area contributed by atoms with Gasteiger partial charge in [-0.2, -0.15) is 0 Å². The molecule has 0 unspecified atom stereocenters. The number of rotatable bonds is 4. The van der Waals surface area contributed by atoms with Crippen molar-refractivity contribution in [3.05, 3.63) is 71.2 Å². The molecule has 0 atom stereocenters. The van der Waals surface area contributed by atoms with Gasteiger partial charge >= 0.3 is 5.97 Å². The van der Waals surface area contributed by atoms with Crippen LogP contribution in [0.4, 0.5) is 4.39 Å². The second-order valence-corrected chi connectivity index (χ2v) is 7.86. The first kappa shape index (κ1) is 18.0. The first-order valence-corrected chi connectivity index (χ1v) is 9.02. The number of aliphatic imine (C=N–C) groups is 1. The Bertz CT molecular complexity index is 1040. The second kappa shape index (κ2) is 6.81. The first-order valence-electron chi connectivity index (χ1n) is 7.58. The van der Waals surface area contributed by atoms with Crippen LogP contribution in [0, 0.1) is 5.82 Å². The maximum absolute atomic E-state index is 13.3. The smallest absolute Gasteiger partial charge is 0.363 e. The number of ether oxygens (including phenoxy) is 1. The molecule has 1 aliphatic rings. The third-order valence-electron chi connectivity index (χ3n) is 3.63. The Morgan fingerprint density at radius 2 is 1.85 bits per heavy atom. The van der Waals surface area contributed by atoms with Gasteiger partial charge in [0.25, 0.3) is 0 Å². The second-order valence-electron chi connectivity index (χ2n) is 5.71. The number of esters is 1. The number of benzene rings is 2. The Morgan fingerprint density at radius 3 is 2.54 bits per heavy atom. The van der Waals surface area contributed by atoms with Gasteiger partial charge in [0.2, 0.25) is 15.9 Å². The van der Waals surface area contributed by atoms with E-state index >= 15 is 0 Å². The number of hydrogen-bond donors (Lipinski definition) is 0. The fourth-order valence-corrected chi connectivity index (χ4v) is 3.24. The zero-order valence-electron chi connectivity index (χ0n) is 14.0. The molecule has 0 aliphatic carbocycles. The molecular weight excluding hydrogens is 359 g/mol. The molecule has 0 N–H and O–H groups in total. The number of sulfonamides is 1. The molecule has 0 bridgehead atoms. The van der Waals surface area contributed by atoms with Crippen molar-refractivity contribution < 1.29 is 22.3 Å². The summed E-state index contributed by atoms with van der Waals surface area (Å²) >= 11 is 0. The third-order valence-corrected chi connectivity index (χ3v) is 5.44. The van der Waals surface area contributed by atoms with Crippen molar-refractivity contribution in [1.29, 1.82) is 0 Å². The summed E-state index contributed by atoms with van der Waals surface area (Å²) < 4.78 is 43.9. The summed E-state index contributed by atoms with van der Waals surface area (Å²) in [6.07, 6.45) is 1.40. The Balaban J connectivity index is 1.97. The molecule has 26 heavy (non-hydrogen) atoms. The van der Waals surface area contributed by atoms with Gasteiger partial charge in [-0.1, -0.05) is 18.2 Å². The van der Waals surface area contributed by atoms with Crippen molar-refractivity contribution in [2.75, 3.05) is 14.1 Å². The normalized spacial score (nSPS) is 16.1. The Morgan fingerprint density at radius 1 is 1.12 bits per heavy atom. The molecule has 0 saturated heterocycles. The molecule has 1 heterocycles. The predicted octanol–water partition coefficient (Wildman–Crippen LogP) is 2.42. The van der Waals surface area contributed by atoms with Crippen LogP contribution in [0.25, 0.3) is 6.08 Å². The molecule has 3 rings (SSSR count). The molecule has 134 valence electrons. The molecular formula is C18H15FN2O4S. The van der Waals surface area contributed by atoms with Gasteiger partial charge in [0.1, 0.15) is 5.82 Å². The Hall–Kier alpha value is -2.84. The van der Waals surface area contributed by atoms with Crippen molar-refractivity contribution in [2.24, 2.45) is 4.99 Å². The molecule has 0 aromatic heterocycles. The van der Waals surface area contributed by atoms with Crippen LogP contribution in [0.5, 0.6) is 0 Å². The summed E-state index contributed by atoms with van der Waals surface area (Å²) in [5, 5.41) is 0. The number of cyclic esters (lactones) is 1. The lowest BCUT2D eigenvalue weighted by Gasteiger charge is -2.11. The van der Waals surface area contributed by atoms with E-state index < -0.39 is 21.8 Å². The lowest BCUT2D eigenvalue weighted by Crippen LogP contribution is -2.22. The first-order chi connectivity index (χ1) is 12.3.